The summed E-state index contributed by atoms with van der Waals surface area (Å²) in [7, 11) is 0. The highest BCUT2D eigenvalue weighted by Crippen LogP contribution is 2.30. The Labute approximate surface area is 201 Å². The molecule has 1 saturated carbocycles. The molecule has 180 valence electrons. The number of aryl methyl sites for hydroxylation is 2. The van der Waals surface area contributed by atoms with Gasteiger partial charge in [0.05, 0.1) is 6.54 Å². The first-order valence-electron chi connectivity index (χ1n) is 12.5. The number of ether oxygens (including phenoxy) is 1. The fourth-order valence-electron chi connectivity index (χ4n) is 4.73. The van der Waals surface area contributed by atoms with Gasteiger partial charge in [-0.3, -0.25) is 4.98 Å². The maximum Gasteiger partial charge on any atom is 0.511 e. The van der Waals surface area contributed by atoms with Gasteiger partial charge in [-0.25, -0.2) is 14.5 Å². The van der Waals surface area contributed by atoms with Crippen LogP contribution in [0.1, 0.15) is 75.5 Å². The normalized spacial score (nSPS) is 14.3. The molecule has 0 atom stereocenters. The summed E-state index contributed by atoms with van der Waals surface area (Å²) in [4.78, 5) is 20.0. The van der Waals surface area contributed by atoms with Crippen molar-refractivity contribution < 1.29 is 14.6 Å². The summed E-state index contributed by atoms with van der Waals surface area (Å²) < 4.78 is 6.96. The van der Waals surface area contributed by atoms with Crippen LogP contribution in [0, 0.1) is 5.92 Å². The van der Waals surface area contributed by atoms with Gasteiger partial charge in [0.1, 0.15) is 11.6 Å². The molecule has 7 nitrogen and oxygen atoms in total. The van der Waals surface area contributed by atoms with Crippen molar-refractivity contribution >= 4 is 6.16 Å². The summed E-state index contributed by atoms with van der Waals surface area (Å²) in [5, 5.41) is 13.9. The minimum atomic E-state index is -1.34. The third-order valence-corrected chi connectivity index (χ3v) is 6.62. The lowest BCUT2D eigenvalue weighted by Crippen LogP contribution is -2.08. The van der Waals surface area contributed by atoms with Gasteiger partial charge in [-0.05, 0) is 29.9 Å². The minimum absolute atomic E-state index is 0.274. The van der Waals surface area contributed by atoms with E-state index in [1.807, 2.05) is 24.3 Å². The zero-order valence-electron chi connectivity index (χ0n) is 19.9. The average Bonchev–Trinajstić information content (AvgIpc) is 3.24. The molecule has 0 unspecified atom stereocenters. The van der Waals surface area contributed by atoms with Gasteiger partial charge in [0.15, 0.2) is 5.82 Å². The topological polar surface area (TPSA) is 90.1 Å². The van der Waals surface area contributed by atoms with Crippen molar-refractivity contribution in [3.63, 3.8) is 0 Å². The average molecular weight is 463 g/mol. The lowest BCUT2D eigenvalue weighted by atomic mass is 9.86. The first-order valence-corrected chi connectivity index (χ1v) is 12.5. The van der Waals surface area contributed by atoms with E-state index in [1.165, 1.54) is 44.7 Å². The largest absolute Gasteiger partial charge is 0.511 e. The lowest BCUT2D eigenvalue weighted by molar-refractivity contribution is 0.144. The maximum atomic E-state index is 11.0. The van der Waals surface area contributed by atoms with Gasteiger partial charge in [0.2, 0.25) is 0 Å². The van der Waals surface area contributed by atoms with Gasteiger partial charge in [-0.15, -0.1) is 0 Å². The van der Waals surface area contributed by atoms with Crippen LogP contribution in [-0.2, 0) is 19.4 Å². The molecule has 7 heteroatoms. The van der Waals surface area contributed by atoms with Crippen molar-refractivity contribution in [3.05, 3.63) is 59.9 Å². The predicted octanol–water partition coefficient (Wildman–Crippen LogP) is 6.30. The molecular formula is C27H34N4O3. The van der Waals surface area contributed by atoms with E-state index in [2.05, 4.69) is 16.6 Å². The monoisotopic (exact) mass is 462 g/mol. The van der Waals surface area contributed by atoms with Crippen LogP contribution in [0.3, 0.4) is 0 Å². The first-order chi connectivity index (χ1) is 16.6. The van der Waals surface area contributed by atoms with Crippen LogP contribution in [0.5, 0.6) is 5.75 Å². The Hall–Kier alpha value is -3.22. The fraction of sp³-hybridized carbons (Fsp3) is 0.481. The molecule has 0 radical (unpaired) electrons. The van der Waals surface area contributed by atoms with Gasteiger partial charge in [-0.1, -0.05) is 69.7 Å². The Bertz CT molecular complexity index is 1070. The van der Waals surface area contributed by atoms with Gasteiger partial charge in [0.25, 0.3) is 0 Å². The van der Waals surface area contributed by atoms with Crippen molar-refractivity contribution in [2.24, 2.45) is 5.92 Å². The molecule has 1 aliphatic rings. The van der Waals surface area contributed by atoms with Crippen LogP contribution < -0.4 is 4.74 Å². The molecule has 4 rings (SSSR count). The third kappa shape index (κ3) is 6.43. The van der Waals surface area contributed by atoms with E-state index in [9.17, 15) is 4.79 Å². The maximum absolute atomic E-state index is 11.0. The molecule has 1 fully saturated rings. The molecule has 0 aliphatic heterocycles. The summed E-state index contributed by atoms with van der Waals surface area (Å²) in [6.45, 7) is 2.87. The first kappa shape index (κ1) is 23.9. The number of carboxylic acid groups (broad SMARTS) is 1. The third-order valence-electron chi connectivity index (χ3n) is 6.62. The summed E-state index contributed by atoms with van der Waals surface area (Å²) in [5.74, 6) is 3.14. The van der Waals surface area contributed by atoms with Crippen molar-refractivity contribution in [3.8, 4) is 16.9 Å². The van der Waals surface area contributed by atoms with E-state index >= 15 is 0 Å². The standard InChI is InChI=1S/C27H34N4O3/c1-2-3-9-26-29-25(15-12-20-7-5-4-6-8-20)30-31(26)19-21-10-13-22(14-11-21)23-18-28-17-16-24(23)34-27(32)33/h10-11,13-14,16-18,20H,2-9,12,15,19H2,1H3,(H,32,33). The molecule has 34 heavy (non-hydrogen) atoms. The Kier molecular flexibility index (Phi) is 8.28. The van der Waals surface area contributed by atoms with E-state index in [-0.39, 0.29) is 5.75 Å². The molecule has 1 aromatic carbocycles. The van der Waals surface area contributed by atoms with Crippen LogP contribution in [0.4, 0.5) is 4.79 Å². The number of pyridine rings is 1. The van der Waals surface area contributed by atoms with Crippen LogP contribution in [0.25, 0.3) is 11.1 Å². The molecule has 1 aliphatic carbocycles. The Morgan fingerprint density at radius 3 is 2.65 bits per heavy atom. The van der Waals surface area contributed by atoms with E-state index in [0.29, 0.717) is 12.1 Å². The Balaban J connectivity index is 1.47. The van der Waals surface area contributed by atoms with E-state index in [4.69, 9.17) is 19.9 Å². The highest BCUT2D eigenvalue weighted by molar-refractivity contribution is 5.73. The number of benzene rings is 1. The number of carbonyl (C=O) groups is 1. The molecular weight excluding hydrogens is 428 g/mol. The summed E-state index contributed by atoms with van der Waals surface area (Å²) in [6.07, 6.45) is 14.0. The van der Waals surface area contributed by atoms with Crippen LogP contribution >= 0.6 is 0 Å². The highest BCUT2D eigenvalue weighted by atomic mass is 16.7. The summed E-state index contributed by atoms with van der Waals surface area (Å²) in [5.41, 5.74) is 2.62. The lowest BCUT2D eigenvalue weighted by Gasteiger charge is -2.20. The number of rotatable bonds is 10. The van der Waals surface area contributed by atoms with E-state index < -0.39 is 6.16 Å². The molecule has 3 aromatic rings. The second-order valence-electron chi connectivity index (χ2n) is 9.18. The van der Waals surface area contributed by atoms with Gasteiger partial charge in [-0.2, -0.15) is 5.10 Å². The molecule has 2 aromatic heterocycles. The summed E-state index contributed by atoms with van der Waals surface area (Å²) in [6, 6.07) is 9.57. The smallest absolute Gasteiger partial charge is 0.449 e. The van der Waals surface area contributed by atoms with Crippen LogP contribution in [-0.4, -0.2) is 31.0 Å². The van der Waals surface area contributed by atoms with Crippen LogP contribution in [0.2, 0.25) is 0 Å². The number of unbranched alkanes of at least 4 members (excludes halogenated alkanes) is 1. The van der Waals surface area contributed by atoms with Crippen molar-refractivity contribution in [1.29, 1.82) is 0 Å². The number of nitrogens with zero attached hydrogens (tertiary/aromatic N) is 4. The van der Waals surface area contributed by atoms with Gasteiger partial charge >= 0.3 is 6.16 Å². The fourth-order valence-corrected chi connectivity index (χ4v) is 4.73. The predicted molar refractivity (Wildman–Crippen MR) is 131 cm³/mol. The zero-order chi connectivity index (χ0) is 23.8. The minimum Gasteiger partial charge on any atom is -0.449 e. The molecule has 1 N–H and O–H groups in total. The van der Waals surface area contributed by atoms with Gasteiger partial charge in [0, 0.05) is 36.9 Å². The molecule has 0 saturated heterocycles. The molecule has 2 heterocycles. The quantitative estimate of drug-likeness (QED) is 0.356. The second-order valence-corrected chi connectivity index (χ2v) is 9.18. The number of aromatic nitrogens is 4. The van der Waals surface area contributed by atoms with Crippen molar-refractivity contribution in [2.45, 2.75) is 77.7 Å². The molecule has 0 amide bonds. The number of hydrogen-bond donors (Lipinski definition) is 1. The SMILES string of the molecule is CCCCc1nc(CCC2CCCCC2)nn1Cc1ccc(-c2cnccc2OC(=O)O)cc1. The van der Waals surface area contributed by atoms with Crippen LogP contribution in [0.15, 0.2) is 42.7 Å². The van der Waals surface area contributed by atoms with E-state index in [0.717, 1.165) is 54.4 Å². The van der Waals surface area contributed by atoms with Gasteiger partial charge < -0.3 is 9.84 Å². The Morgan fingerprint density at radius 1 is 1.12 bits per heavy atom. The molecule has 0 bridgehead atoms. The van der Waals surface area contributed by atoms with Crippen molar-refractivity contribution in [2.75, 3.05) is 0 Å². The van der Waals surface area contributed by atoms with E-state index in [1.54, 1.807) is 12.3 Å². The highest BCUT2D eigenvalue weighted by Gasteiger charge is 2.16. The summed E-state index contributed by atoms with van der Waals surface area (Å²) >= 11 is 0. The second kappa shape index (κ2) is 11.8. The Morgan fingerprint density at radius 2 is 1.91 bits per heavy atom. The number of hydrogen-bond acceptors (Lipinski definition) is 5. The van der Waals surface area contributed by atoms with Crippen molar-refractivity contribution in [1.82, 2.24) is 19.7 Å². The zero-order valence-corrected chi connectivity index (χ0v) is 19.9. The molecule has 0 spiro atoms.